The third kappa shape index (κ3) is 5.25. The van der Waals surface area contributed by atoms with Crippen LogP contribution in [0.4, 0.5) is 13.2 Å². The zero-order valence-electron chi connectivity index (χ0n) is 20.7. The van der Waals surface area contributed by atoms with E-state index in [0.29, 0.717) is 33.6 Å². The van der Waals surface area contributed by atoms with Crippen molar-refractivity contribution in [2.75, 3.05) is 0 Å². The van der Waals surface area contributed by atoms with Crippen LogP contribution in [0.2, 0.25) is 5.02 Å². The van der Waals surface area contributed by atoms with Crippen LogP contribution in [0.15, 0.2) is 72.0 Å². The summed E-state index contributed by atoms with van der Waals surface area (Å²) < 4.78 is 48.2. The van der Waals surface area contributed by atoms with Gasteiger partial charge < -0.3 is 14.4 Å². The van der Waals surface area contributed by atoms with E-state index in [1.54, 1.807) is 31.2 Å². The van der Waals surface area contributed by atoms with Crippen molar-refractivity contribution in [3.63, 3.8) is 0 Å². The van der Waals surface area contributed by atoms with E-state index < -0.39 is 23.3 Å². The number of para-hydroxylation sites is 1. The Hall–Kier alpha value is -4.71. The molecule has 0 aliphatic heterocycles. The fourth-order valence-electron chi connectivity index (χ4n) is 4.19. The number of aryl methyl sites for hydroxylation is 1. The summed E-state index contributed by atoms with van der Waals surface area (Å²) in [4.78, 5) is 32.6. The Bertz CT molecular complexity index is 1820. The number of hydrogen-bond acceptors (Lipinski definition) is 6. The Morgan fingerprint density at radius 3 is 2.70 bits per heavy atom. The maximum atomic E-state index is 13.2. The lowest BCUT2D eigenvalue weighted by Crippen LogP contribution is -2.28. The normalized spacial score (nSPS) is 11.6. The molecule has 1 N–H and O–H groups in total. The minimum atomic E-state index is -4.79. The summed E-state index contributed by atoms with van der Waals surface area (Å²) >= 11 is 6.42. The molecule has 5 rings (SSSR count). The fourth-order valence-corrected chi connectivity index (χ4v) is 4.41. The molecule has 0 radical (unpaired) electrons. The summed E-state index contributed by atoms with van der Waals surface area (Å²) in [7, 11) is 0. The lowest BCUT2D eigenvalue weighted by molar-refractivity contribution is -0.138. The molecule has 0 amide bonds. The quantitative estimate of drug-likeness (QED) is 0.284. The van der Waals surface area contributed by atoms with Gasteiger partial charge in [0.15, 0.2) is 0 Å². The van der Waals surface area contributed by atoms with Crippen molar-refractivity contribution in [1.82, 2.24) is 24.3 Å². The van der Waals surface area contributed by atoms with Gasteiger partial charge in [-0.1, -0.05) is 23.7 Å². The number of aromatic nitrogens is 5. The minimum Gasteiger partial charge on any atom is -0.486 e. The molecule has 204 valence electrons. The van der Waals surface area contributed by atoms with Crippen LogP contribution in [-0.4, -0.2) is 35.4 Å². The van der Waals surface area contributed by atoms with Crippen molar-refractivity contribution < 1.29 is 27.8 Å². The first-order chi connectivity index (χ1) is 19.0. The van der Waals surface area contributed by atoms with Crippen LogP contribution in [0.3, 0.4) is 0 Å². The van der Waals surface area contributed by atoms with Gasteiger partial charge in [-0.25, -0.2) is 14.5 Å². The number of rotatable bonds is 7. The van der Waals surface area contributed by atoms with Crippen LogP contribution in [0.25, 0.3) is 16.6 Å². The summed E-state index contributed by atoms with van der Waals surface area (Å²) in [5.41, 5.74) is -0.132. The number of benzene rings is 1. The number of pyridine rings is 3. The summed E-state index contributed by atoms with van der Waals surface area (Å²) in [6.07, 6.45) is 0.476. The first-order valence-electron chi connectivity index (χ1n) is 11.7. The van der Waals surface area contributed by atoms with E-state index in [4.69, 9.17) is 16.3 Å². The number of carboxylic acid groups (broad SMARTS) is 1. The maximum absolute atomic E-state index is 13.2. The molecule has 0 bridgehead atoms. The first kappa shape index (κ1) is 26.9. The van der Waals surface area contributed by atoms with Crippen molar-refractivity contribution in [3.8, 4) is 11.4 Å². The molecule has 0 fully saturated rings. The van der Waals surface area contributed by atoms with Gasteiger partial charge in [0.1, 0.15) is 23.4 Å². The minimum absolute atomic E-state index is 0.0219. The molecule has 0 aliphatic rings. The molecule has 40 heavy (non-hydrogen) atoms. The largest absolute Gasteiger partial charge is 0.486 e. The van der Waals surface area contributed by atoms with Gasteiger partial charge in [-0.15, -0.1) is 0 Å². The van der Waals surface area contributed by atoms with Gasteiger partial charge in [0.05, 0.1) is 34.7 Å². The van der Waals surface area contributed by atoms with Crippen LogP contribution in [0, 0.1) is 6.92 Å². The molecular formula is C27H19ClF3N5O4. The third-order valence-electron chi connectivity index (χ3n) is 6.09. The average Bonchev–Trinajstić information content (AvgIpc) is 3.39. The summed E-state index contributed by atoms with van der Waals surface area (Å²) in [6.45, 7) is 1.39. The van der Waals surface area contributed by atoms with Crippen molar-refractivity contribution in [2.45, 2.75) is 26.3 Å². The van der Waals surface area contributed by atoms with Gasteiger partial charge in [-0.05, 0) is 37.3 Å². The first-order valence-corrected chi connectivity index (χ1v) is 12.1. The Morgan fingerprint density at radius 1 is 1.18 bits per heavy atom. The molecule has 4 aromatic heterocycles. The third-order valence-corrected chi connectivity index (χ3v) is 6.44. The molecule has 13 heteroatoms. The second-order valence-corrected chi connectivity index (χ2v) is 9.18. The Morgan fingerprint density at radius 2 is 1.98 bits per heavy atom. The van der Waals surface area contributed by atoms with E-state index in [1.807, 2.05) is 0 Å². The van der Waals surface area contributed by atoms with Gasteiger partial charge in [0.25, 0.3) is 5.56 Å². The predicted molar refractivity (Wildman–Crippen MR) is 139 cm³/mol. The molecule has 0 saturated carbocycles. The number of nitrogens with zero attached hydrogens (tertiary/aromatic N) is 5. The van der Waals surface area contributed by atoms with E-state index >= 15 is 0 Å². The summed E-state index contributed by atoms with van der Waals surface area (Å²) in [6, 6.07) is 10.3. The smallest absolute Gasteiger partial charge is 0.421 e. The molecule has 0 aliphatic carbocycles. The number of aromatic carboxylic acids is 1. The highest BCUT2D eigenvalue weighted by Crippen LogP contribution is 2.31. The average molecular weight is 570 g/mol. The van der Waals surface area contributed by atoms with Crippen LogP contribution in [0.5, 0.6) is 5.75 Å². The van der Waals surface area contributed by atoms with E-state index in [-0.39, 0.29) is 29.4 Å². The van der Waals surface area contributed by atoms with E-state index in [2.05, 4.69) is 15.1 Å². The number of carboxylic acids is 1. The van der Waals surface area contributed by atoms with Crippen molar-refractivity contribution in [1.29, 1.82) is 0 Å². The molecule has 0 atom stereocenters. The SMILES string of the molecule is Cc1cc(-n2cc(C(=O)O)cn2)c2cccc(OCc3c(Cl)ccnc3Cn3cccc(C(F)(F)F)c3=O)c2n1. The second-order valence-electron chi connectivity index (χ2n) is 8.77. The topological polar surface area (TPSA) is 112 Å². The van der Waals surface area contributed by atoms with Crippen LogP contribution in [-0.2, 0) is 19.3 Å². The number of ether oxygens (including phenoxy) is 1. The zero-order chi connectivity index (χ0) is 28.6. The number of hydrogen-bond donors (Lipinski definition) is 1. The van der Waals surface area contributed by atoms with Gasteiger partial charge >= 0.3 is 12.1 Å². The molecule has 1 aromatic carbocycles. The fraction of sp³-hybridized carbons (Fsp3) is 0.148. The van der Waals surface area contributed by atoms with Gasteiger partial charge in [0, 0.05) is 35.2 Å². The van der Waals surface area contributed by atoms with Crippen LogP contribution >= 0.6 is 11.6 Å². The lowest BCUT2D eigenvalue weighted by Gasteiger charge is -2.16. The zero-order valence-corrected chi connectivity index (χ0v) is 21.4. The summed E-state index contributed by atoms with van der Waals surface area (Å²) in [5.74, 6) is -0.739. The highest BCUT2D eigenvalue weighted by molar-refractivity contribution is 6.31. The van der Waals surface area contributed by atoms with Crippen molar-refractivity contribution in [2.24, 2.45) is 0 Å². The van der Waals surface area contributed by atoms with Gasteiger partial charge in [-0.2, -0.15) is 18.3 Å². The molecular weight excluding hydrogens is 551 g/mol. The van der Waals surface area contributed by atoms with E-state index in [1.165, 1.54) is 35.5 Å². The van der Waals surface area contributed by atoms with E-state index in [0.717, 1.165) is 16.7 Å². The lowest BCUT2D eigenvalue weighted by atomic mass is 10.1. The Balaban J connectivity index is 1.49. The Labute approximate surface area is 229 Å². The summed E-state index contributed by atoms with van der Waals surface area (Å²) in [5, 5.41) is 14.3. The van der Waals surface area contributed by atoms with E-state index in [9.17, 15) is 27.9 Å². The number of halogens is 4. The number of alkyl halides is 3. The van der Waals surface area contributed by atoms with Gasteiger partial charge in [0.2, 0.25) is 0 Å². The molecule has 4 heterocycles. The standard InChI is InChI=1S/C27H19ClF3N5O4/c1-15-10-22(36-12-16(11-33-36)26(38)39)17-4-2-6-23(24(17)34-15)40-14-18-20(28)7-8-32-21(18)13-35-9-3-5-19(25(35)37)27(29,30)31/h2-12H,13-14H2,1H3,(H,38,39). The van der Waals surface area contributed by atoms with Crippen LogP contribution in [0.1, 0.15) is 32.9 Å². The molecule has 0 spiro atoms. The molecule has 9 nitrogen and oxygen atoms in total. The maximum Gasteiger partial charge on any atom is 0.421 e. The monoisotopic (exact) mass is 569 g/mol. The predicted octanol–water partition coefficient (Wildman–Crippen LogP) is 5.28. The number of fused-ring (bicyclic) bond motifs is 1. The second kappa shape index (κ2) is 10.5. The molecule has 0 saturated heterocycles. The van der Waals surface area contributed by atoms with Crippen molar-refractivity contribution in [3.05, 3.63) is 111 Å². The van der Waals surface area contributed by atoms with Crippen molar-refractivity contribution >= 4 is 28.5 Å². The van der Waals surface area contributed by atoms with Gasteiger partial charge in [-0.3, -0.25) is 9.78 Å². The Kier molecular flexibility index (Phi) is 7.03. The highest BCUT2D eigenvalue weighted by atomic mass is 35.5. The van der Waals surface area contributed by atoms with Crippen LogP contribution < -0.4 is 10.3 Å². The molecule has 5 aromatic rings. The molecule has 0 unspecified atom stereocenters. The highest BCUT2D eigenvalue weighted by Gasteiger charge is 2.34. The number of carbonyl (C=O) groups is 1.